The molecule has 1 aromatic heterocycles. The van der Waals surface area contributed by atoms with E-state index in [4.69, 9.17) is 0 Å². The van der Waals surface area contributed by atoms with Crippen LogP contribution in [-0.4, -0.2) is 36.2 Å². The zero-order chi connectivity index (χ0) is 12.1. The van der Waals surface area contributed by atoms with Gasteiger partial charge in [-0.2, -0.15) is 5.10 Å². The van der Waals surface area contributed by atoms with Gasteiger partial charge in [-0.25, -0.2) is 0 Å². The first-order valence-corrected chi connectivity index (χ1v) is 5.69. The molecule has 2 aromatic rings. The van der Waals surface area contributed by atoms with Crippen LogP contribution in [0.3, 0.4) is 0 Å². The van der Waals surface area contributed by atoms with Crippen LogP contribution >= 0.6 is 0 Å². The Morgan fingerprint density at radius 1 is 1.35 bits per heavy atom. The highest BCUT2D eigenvalue weighted by molar-refractivity contribution is 6.04. The predicted molar refractivity (Wildman–Crippen MR) is 67.0 cm³/mol. The van der Waals surface area contributed by atoms with Crippen LogP contribution in [0, 0.1) is 0 Å². The van der Waals surface area contributed by atoms with Crippen molar-refractivity contribution in [1.82, 2.24) is 20.8 Å². The average molecular weight is 232 g/mol. The summed E-state index contributed by atoms with van der Waals surface area (Å²) in [5, 5.41) is 13.6. The number of hydrogen-bond donors (Lipinski definition) is 3. The van der Waals surface area contributed by atoms with Gasteiger partial charge in [0.15, 0.2) is 5.69 Å². The molecule has 5 nitrogen and oxygen atoms in total. The highest BCUT2D eigenvalue weighted by atomic mass is 16.1. The first kappa shape index (κ1) is 11.6. The highest BCUT2D eigenvalue weighted by Crippen LogP contribution is 2.14. The number of para-hydroxylation sites is 1. The van der Waals surface area contributed by atoms with Gasteiger partial charge >= 0.3 is 0 Å². The van der Waals surface area contributed by atoms with Gasteiger partial charge in [-0.3, -0.25) is 9.89 Å². The third kappa shape index (κ3) is 2.62. The maximum atomic E-state index is 11.9. The van der Waals surface area contributed by atoms with E-state index in [-0.39, 0.29) is 5.91 Å². The minimum Gasteiger partial charge on any atom is -0.351 e. The lowest BCUT2D eigenvalue weighted by molar-refractivity contribution is 0.0950. The fourth-order valence-electron chi connectivity index (χ4n) is 1.69. The van der Waals surface area contributed by atoms with Crippen molar-refractivity contribution < 1.29 is 4.79 Å². The van der Waals surface area contributed by atoms with Crippen LogP contribution in [0.25, 0.3) is 10.9 Å². The van der Waals surface area contributed by atoms with E-state index in [9.17, 15) is 4.79 Å². The zero-order valence-corrected chi connectivity index (χ0v) is 9.79. The molecule has 0 fully saturated rings. The highest BCUT2D eigenvalue weighted by Gasteiger charge is 2.12. The Morgan fingerprint density at radius 3 is 3.00 bits per heavy atom. The summed E-state index contributed by atoms with van der Waals surface area (Å²) in [4.78, 5) is 11.9. The summed E-state index contributed by atoms with van der Waals surface area (Å²) in [5.74, 6) is -0.126. The molecule has 0 aliphatic rings. The molecular weight excluding hydrogens is 216 g/mol. The number of nitrogens with zero attached hydrogens (tertiary/aromatic N) is 1. The van der Waals surface area contributed by atoms with Crippen LogP contribution < -0.4 is 10.6 Å². The standard InChI is InChI=1S/C12H16N4O/c1-13-7-4-8-14-12(17)11-9-5-2-3-6-10(9)15-16-11/h2-3,5-6,13H,4,7-8H2,1H3,(H,14,17)(H,15,16). The molecule has 0 atom stereocenters. The third-order valence-corrected chi connectivity index (χ3v) is 2.57. The quantitative estimate of drug-likeness (QED) is 0.671. The van der Waals surface area contributed by atoms with Gasteiger partial charge < -0.3 is 10.6 Å². The van der Waals surface area contributed by atoms with Crippen molar-refractivity contribution in [2.75, 3.05) is 20.1 Å². The second kappa shape index (κ2) is 5.45. The van der Waals surface area contributed by atoms with Gasteiger partial charge in [0.1, 0.15) is 0 Å². The third-order valence-electron chi connectivity index (χ3n) is 2.57. The van der Waals surface area contributed by atoms with Crippen LogP contribution in [0.2, 0.25) is 0 Å². The number of nitrogens with one attached hydrogen (secondary N) is 3. The number of aromatic nitrogens is 2. The summed E-state index contributed by atoms with van der Waals surface area (Å²) in [6, 6.07) is 7.60. The summed E-state index contributed by atoms with van der Waals surface area (Å²) in [5.41, 5.74) is 1.35. The van der Waals surface area contributed by atoms with Crippen molar-refractivity contribution >= 4 is 16.8 Å². The number of fused-ring (bicyclic) bond motifs is 1. The van der Waals surface area contributed by atoms with E-state index in [1.165, 1.54) is 0 Å². The number of benzene rings is 1. The SMILES string of the molecule is CNCCCNC(=O)c1n[nH]c2ccccc12. The van der Waals surface area contributed by atoms with E-state index in [1.807, 2.05) is 31.3 Å². The second-order valence-electron chi connectivity index (χ2n) is 3.83. The molecular formula is C12H16N4O. The maximum Gasteiger partial charge on any atom is 0.272 e. The van der Waals surface area contributed by atoms with Gasteiger partial charge in [0.05, 0.1) is 5.52 Å². The minimum absolute atomic E-state index is 0.126. The van der Waals surface area contributed by atoms with Crippen molar-refractivity contribution in [3.05, 3.63) is 30.0 Å². The van der Waals surface area contributed by atoms with E-state index >= 15 is 0 Å². The Balaban J connectivity index is 2.04. The van der Waals surface area contributed by atoms with E-state index < -0.39 is 0 Å². The molecule has 0 spiro atoms. The normalized spacial score (nSPS) is 10.6. The van der Waals surface area contributed by atoms with Crippen LogP contribution in [0.1, 0.15) is 16.9 Å². The number of H-pyrrole nitrogens is 1. The summed E-state index contributed by atoms with van der Waals surface area (Å²) >= 11 is 0. The van der Waals surface area contributed by atoms with Crippen molar-refractivity contribution in [2.45, 2.75) is 6.42 Å². The molecule has 0 unspecified atom stereocenters. The predicted octanol–water partition coefficient (Wildman–Crippen LogP) is 0.902. The smallest absolute Gasteiger partial charge is 0.272 e. The van der Waals surface area contributed by atoms with Crippen LogP contribution in [0.15, 0.2) is 24.3 Å². The summed E-state index contributed by atoms with van der Waals surface area (Å²) in [6.07, 6.45) is 0.907. The van der Waals surface area contributed by atoms with Gasteiger partial charge in [0, 0.05) is 11.9 Å². The topological polar surface area (TPSA) is 69.8 Å². The Hall–Kier alpha value is -1.88. The van der Waals surface area contributed by atoms with Crippen molar-refractivity contribution in [3.63, 3.8) is 0 Å². The first-order chi connectivity index (χ1) is 8.33. The fraction of sp³-hybridized carbons (Fsp3) is 0.333. The monoisotopic (exact) mass is 232 g/mol. The van der Waals surface area contributed by atoms with E-state index in [2.05, 4.69) is 20.8 Å². The lowest BCUT2D eigenvalue weighted by Gasteiger charge is -2.02. The maximum absolute atomic E-state index is 11.9. The molecule has 5 heteroatoms. The number of amides is 1. The summed E-state index contributed by atoms with van der Waals surface area (Å²) in [6.45, 7) is 1.54. The van der Waals surface area contributed by atoms with E-state index in [0.29, 0.717) is 12.2 Å². The molecule has 1 heterocycles. The molecule has 0 aliphatic carbocycles. The molecule has 0 radical (unpaired) electrons. The molecule has 0 aliphatic heterocycles. The molecule has 17 heavy (non-hydrogen) atoms. The molecule has 0 bridgehead atoms. The lowest BCUT2D eigenvalue weighted by atomic mass is 10.2. The Morgan fingerprint density at radius 2 is 2.18 bits per heavy atom. The Bertz CT molecular complexity index is 506. The molecule has 1 aromatic carbocycles. The van der Waals surface area contributed by atoms with Crippen molar-refractivity contribution in [3.8, 4) is 0 Å². The number of carbonyl (C=O) groups excluding carboxylic acids is 1. The van der Waals surface area contributed by atoms with Crippen molar-refractivity contribution in [1.29, 1.82) is 0 Å². The second-order valence-corrected chi connectivity index (χ2v) is 3.83. The fourth-order valence-corrected chi connectivity index (χ4v) is 1.69. The van der Waals surface area contributed by atoms with Crippen LogP contribution in [0.4, 0.5) is 0 Å². The van der Waals surface area contributed by atoms with Gasteiger partial charge in [0.2, 0.25) is 0 Å². The van der Waals surface area contributed by atoms with Crippen molar-refractivity contribution in [2.24, 2.45) is 0 Å². The molecule has 1 amide bonds. The molecule has 0 saturated heterocycles. The largest absolute Gasteiger partial charge is 0.351 e. The van der Waals surface area contributed by atoms with Crippen LogP contribution in [-0.2, 0) is 0 Å². The Kier molecular flexibility index (Phi) is 3.72. The van der Waals surface area contributed by atoms with Gasteiger partial charge in [-0.15, -0.1) is 0 Å². The number of carbonyl (C=O) groups is 1. The first-order valence-electron chi connectivity index (χ1n) is 5.69. The lowest BCUT2D eigenvalue weighted by Crippen LogP contribution is -2.27. The molecule has 3 N–H and O–H groups in total. The number of rotatable bonds is 5. The summed E-state index contributed by atoms with van der Waals surface area (Å²) < 4.78 is 0. The Labute approximate surface area is 99.6 Å². The van der Waals surface area contributed by atoms with Crippen LogP contribution in [0.5, 0.6) is 0 Å². The summed E-state index contributed by atoms with van der Waals surface area (Å²) in [7, 11) is 1.89. The van der Waals surface area contributed by atoms with Gasteiger partial charge in [-0.1, -0.05) is 18.2 Å². The molecule has 90 valence electrons. The average Bonchev–Trinajstić information content (AvgIpc) is 2.78. The minimum atomic E-state index is -0.126. The molecule has 0 saturated carbocycles. The number of hydrogen-bond acceptors (Lipinski definition) is 3. The zero-order valence-electron chi connectivity index (χ0n) is 9.79. The number of aromatic amines is 1. The molecule has 2 rings (SSSR count). The van der Waals surface area contributed by atoms with E-state index in [1.54, 1.807) is 0 Å². The van der Waals surface area contributed by atoms with Gasteiger partial charge in [-0.05, 0) is 26.1 Å². The van der Waals surface area contributed by atoms with E-state index in [0.717, 1.165) is 23.9 Å². The van der Waals surface area contributed by atoms with Gasteiger partial charge in [0.25, 0.3) is 5.91 Å².